The summed E-state index contributed by atoms with van der Waals surface area (Å²) in [6, 6.07) is 17.0. The molecule has 0 aliphatic carbocycles. The normalized spacial score (nSPS) is 10.9. The van der Waals surface area contributed by atoms with E-state index in [4.69, 9.17) is 4.74 Å². The van der Waals surface area contributed by atoms with Gasteiger partial charge in [0.2, 0.25) is 0 Å². The number of benzene rings is 2. The molecule has 0 radical (unpaired) electrons. The molecule has 6 nitrogen and oxygen atoms in total. The minimum Gasteiger partial charge on any atom is -0.492 e. The number of para-hydroxylation sites is 1. The van der Waals surface area contributed by atoms with Gasteiger partial charge in [0.25, 0.3) is 11.5 Å². The molecule has 2 aromatic heterocycles. The van der Waals surface area contributed by atoms with Gasteiger partial charge in [0.05, 0.1) is 23.1 Å². The minimum atomic E-state index is -0.240. The monoisotopic (exact) mass is 419 g/mol. The Balaban J connectivity index is 1.53. The number of carbonyl (C=O) groups is 1. The van der Waals surface area contributed by atoms with Crippen LogP contribution < -0.4 is 15.6 Å². The predicted octanol–water partition coefficient (Wildman–Crippen LogP) is 4.41. The van der Waals surface area contributed by atoms with Gasteiger partial charge in [-0.05, 0) is 43.7 Å². The van der Waals surface area contributed by atoms with Crippen molar-refractivity contribution in [1.82, 2.24) is 9.55 Å². The van der Waals surface area contributed by atoms with Crippen molar-refractivity contribution in [3.05, 3.63) is 87.3 Å². The van der Waals surface area contributed by atoms with Crippen molar-refractivity contribution in [3.8, 4) is 5.75 Å². The van der Waals surface area contributed by atoms with Crippen LogP contribution in [0.25, 0.3) is 10.2 Å². The Bertz CT molecular complexity index is 1240. The summed E-state index contributed by atoms with van der Waals surface area (Å²) in [7, 11) is 0. The first-order valence-corrected chi connectivity index (χ1v) is 10.4. The number of carbonyl (C=O) groups excluding carboxylic acids is 1. The zero-order valence-electron chi connectivity index (χ0n) is 16.7. The number of thiophene rings is 1. The molecular formula is C23H21N3O3S. The first kappa shape index (κ1) is 19.8. The van der Waals surface area contributed by atoms with Crippen molar-refractivity contribution in [1.29, 1.82) is 0 Å². The number of aromatic nitrogens is 2. The van der Waals surface area contributed by atoms with Gasteiger partial charge >= 0.3 is 0 Å². The van der Waals surface area contributed by atoms with Gasteiger partial charge in [-0.3, -0.25) is 14.2 Å². The number of anilines is 1. The SMILES string of the molecule is Cc1ccc(OCCn2cnc3sc(C(=O)Nc4ccccc4)c(C)c3c2=O)cc1. The van der Waals surface area contributed by atoms with Crippen LogP contribution >= 0.6 is 11.3 Å². The number of nitrogens with one attached hydrogen (secondary N) is 1. The molecule has 152 valence electrons. The Labute approximate surface area is 177 Å². The lowest BCUT2D eigenvalue weighted by Gasteiger charge is -2.08. The molecule has 0 unspecified atom stereocenters. The van der Waals surface area contributed by atoms with Crippen LogP contribution in [0.5, 0.6) is 5.75 Å². The second-order valence-corrected chi connectivity index (χ2v) is 7.96. The fraction of sp³-hybridized carbons (Fsp3) is 0.174. The Kier molecular flexibility index (Phi) is 5.63. The molecule has 2 aromatic carbocycles. The van der Waals surface area contributed by atoms with Gasteiger partial charge in [0.1, 0.15) is 17.2 Å². The Morgan fingerprint density at radius 3 is 2.57 bits per heavy atom. The van der Waals surface area contributed by atoms with E-state index in [0.29, 0.717) is 39.5 Å². The van der Waals surface area contributed by atoms with E-state index >= 15 is 0 Å². The predicted molar refractivity (Wildman–Crippen MR) is 120 cm³/mol. The first-order chi connectivity index (χ1) is 14.5. The smallest absolute Gasteiger partial charge is 0.266 e. The molecule has 1 amide bonds. The van der Waals surface area contributed by atoms with Gasteiger partial charge in [-0.25, -0.2) is 4.98 Å². The van der Waals surface area contributed by atoms with Gasteiger partial charge in [0, 0.05) is 5.69 Å². The van der Waals surface area contributed by atoms with E-state index in [1.165, 1.54) is 22.2 Å². The second-order valence-electron chi connectivity index (χ2n) is 6.96. The highest BCUT2D eigenvalue weighted by atomic mass is 32.1. The van der Waals surface area contributed by atoms with Gasteiger partial charge in [-0.15, -0.1) is 11.3 Å². The topological polar surface area (TPSA) is 73.2 Å². The zero-order valence-corrected chi connectivity index (χ0v) is 17.5. The highest BCUT2D eigenvalue weighted by Crippen LogP contribution is 2.27. The third-order valence-electron chi connectivity index (χ3n) is 4.78. The van der Waals surface area contributed by atoms with Gasteiger partial charge in [-0.1, -0.05) is 35.9 Å². The molecular weight excluding hydrogens is 398 g/mol. The van der Waals surface area contributed by atoms with Crippen molar-refractivity contribution >= 4 is 33.1 Å². The fourth-order valence-corrected chi connectivity index (χ4v) is 4.18. The summed E-state index contributed by atoms with van der Waals surface area (Å²) in [5.41, 5.74) is 2.35. The molecule has 4 aromatic rings. The number of rotatable bonds is 6. The third-order valence-corrected chi connectivity index (χ3v) is 5.98. The molecule has 0 aliphatic rings. The van der Waals surface area contributed by atoms with Crippen molar-refractivity contribution in [2.45, 2.75) is 20.4 Å². The summed E-state index contributed by atoms with van der Waals surface area (Å²) < 4.78 is 7.25. The summed E-state index contributed by atoms with van der Waals surface area (Å²) in [4.78, 5) is 31.1. The fourth-order valence-electron chi connectivity index (χ4n) is 3.14. The maximum atomic E-state index is 13.0. The largest absolute Gasteiger partial charge is 0.492 e. The van der Waals surface area contributed by atoms with Crippen LogP contribution in [0.4, 0.5) is 5.69 Å². The highest BCUT2D eigenvalue weighted by molar-refractivity contribution is 7.20. The number of hydrogen-bond acceptors (Lipinski definition) is 5. The average molecular weight is 420 g/mol. The molecule has 0 saturated carbocycles. The molecule has 1 N–H and O–H groups in total. The van der Waals surface area contributed by atoms with Crippen molar-refractivity contribution in [2.24, 2.45) is 0 Å². The first-order valence-electron chi connectivity index (χ1n) is 9.57. The van der Waals surface area contributed by atoms with Gasteiger partial charge in [-0.2, -0.15) is 0 Å². The summed E-state index contributed by atoms with van der Waals surface area (Å²) in [6.07, 6.45) is 1.51. The number of amides is 1. The zero-order chi connectivity index (χ0) is 21.1. The molecule has 0 saturated heterocycles. The van der Waals surface area contributed by atoms with Gasteiger partial charge in [0.15, 0.2) is 0 Å². The lowest BCUT2D eigenvalue weighted by Crippen LogP contribution is -2.23. The number of ether oxygens (including phenoxy) is 1. The van der Waals surface area contributed by atoms with Gasteiger partial charge < -0.3 is 10.1 Å². The van der Waals surface area contributed by atoms with Crippen LogP contribution in [0.1, 0.15) is 20.8 Å². The Hall–Kier alpha value is -3.45. The number of nitrogens with zero attached hydrogens (tertiary/aromatic N) is 2. The highest BCUT2D eigenvalue weighted by Gasteiger charge is 2.19. The van der Waals surface area contributed by atoms with Crippen LogP contribution in [-0.4, -0.2) is 22.1 Å². The van der Waals surface area contributed by atoms with Crippen LogP contribution in [-0.2, 0) is 6.54 Å². The molecule has 0 spiro atoms. The second kappa shape index (κ2) is 8.51. The Morgan fingerprint density at radius 2 is 1.83 bits per heavy atom. The summed E-state index contributed by atoms with van der Waals surface area (Å²) in [6.45, 7) is 4.52. The van der Waals surface area contributed by atoms with E-state index in [-0.39, 0.29) is 11.5 Å². The maximum Gasteiger partial charge on any atom is 0.266 e. The molecule has 2 heterocycles. The number of fused-ring (bicyclic) bond motifs is 1. The molecule has 7 heteroatoms. The van der Waals surface area contributed by atoms with Crippen LogP contribution in [0, 0.1) is 13.8 Å². The lowest BCUT2D eigenvalue weighted by atomic mass is 10.2. The van der Waals surface area contributed by atoms with Crippen molar-refractivity contribution in [2.75, 3.05) is 11.9 Å². The quantitative estimate of drug-likeness (QED) is 0.503. The van der Waals surface area contributed by atoms with E-state index < -0.39 is 0 Å². The van der Waals surface area contributed by atoms with Crippen molar-refractivity contribution < 1.29 is 9.53 Å². The molecule has 0 bridgehead atoms. The summed E-state index contributed by atoms with van der Waals surface area (Å²) >= 11 is 1.23. The average Bonchev–Trinajstić information content (AvgIpc) is 3.09. The van der Waals surface area contributed by atoms with Crippen LogP contribution in [0.15, 0.2) is 65.7 Å². The van der Waals surface area contributed by atoms with E-state index in [2.05, 4.69) is 10.3 Å². The van der Waals surface area contributed by atoms with E-state index in [9.17, 15) is 9.59 Å². The number of hydrogen-bond donors (Lipinski definition) is 1. The lowest BCUT2D eigenvalue weighted by molar-refractivity contribution is 0.103. The van der Waals surface area contributed by atoms with Crippen molar-refractivity contribution in [3.63, 3.8) is 0 Å². The summed E-state index contributed by atoms with van der Waals surface area (Å²) in [5.74, 6) is 0.518. The number of aryl methyl sites for hydroxylation is 2. The van der Waals surface area contributed by atoms with E-state index in [0.717, 1.165) is 11.3 Å². The van der Waals surface area contributed by atoms with Crippen LogP contribution in [0.2, 0.25) is 0 Å². The Morgan fingerprint density at radius 1 is 1.10 bits per heavy atom. The van der Waals surface area contributed by atoms with Crippen LogP contribution in [0.3, 0.4) is 0 Å². The third kappa shape index (κ3) is 4.11. The molecule has 30 heavy (non-hydrogen) atoms. The summed E-state index contributed by atoms with van der Waals surface area (Å²) in [5, 5.41) is 3.35. The maximum absolute atomic E-state index is 13.0. The molecule has 0 aliphatic heterocycles. The minimum absolute atomic E-state index is 0.167. The van der Waals surface area contributed by atoms with E-state index in [1.807, 2.05) is 61.5 Å². The molecule has 0 atom stereocenters. The molecule has 0 fully saturated rings. The standard InChI is InChI=1S/C23H21N3O3S/c1-15-8-10-18(11-9-15)29-13-12-26-14-24-22-19(23(26)28)16(2)20(30-22)21(27)25-17-6-4-3-5-7-17/h3-11,14H,12-13H2,1-2H3,(H,25,27). The molecule has 4 rings (SSSR count). The van der Waals surface area contributed by atoms with E-state index in [1.54, 1.807) is 6.92 Å².